The number of halogens is 2. The van der Waals surface area contributed by atoms with Crippen LogP contribution in [0.2, 0.25) is 5.02 Å². The molecule has 0 fully saturated rings. The largest absolute Gasteiger partial charge is 0.487 e. The van der Waals surface area contributed by atoms with Gasteiger partial charge in [0, 0.05) is 5.39 Å². The molecule has 0 aliphatic heterocycles. The third kappa shape index (κ3) is 2.73. The van der Waals surface area contributed by atoms with Crippen LogP contribution in [0.5, 0.6) is 5.75 Å². The van der Waals surface area contributed by atoms with Crippen molar-refractivity contribution in [3.63, 3.8) is 0 Å². The second kappa shape index (κ2) is 5.47. The Morgan fingerprint density at radius 1 is 1.10 bits per heavy atom. The minimum Gasteiger partial charge on any atom is -0.487 e. The van der Waals surface area contributed by atoms with Gasteiger partial charge in [-0.05, 0) is 29.8 Å². The maximum Gasteiger partial charge on any atom is 0.141 e. The molecule has 0 N–H and O–H groups in total. The molecule has 0 aliphatic rings. The SMILES string of the molecule is Fc1ccc(COc2cnc3ccccc3c2)cc1Cl. The van der Waals surface area contributed by atoms with Crippen molar-refractivity contribution in [2.75, 3.05) is 0 Å². The minimum absolute atomic E-state index is 0.0998. The highest BCUT2D eigenvalue weighted by Gasteiger charge is 2.03. The summed E-state index contributed by atoms with van der Waals surface area (Å²) in [5, 5.41) is 1.12. The number of benzene rings is 2. The number of rotatable bonds is 3. The molecule has 1 heterocycles. The van der Waals surface area contributed by atoms with E-state index >= 15 is 0 Å². The van der Waals surface area contributed by atoms with E-state index in [1.54, 1.807) is 18.3 Å². The van der Waals surface area contributed by atoms with Gasteiger partial charge in [0.05, 0.1) is 16.7 Å². The van der Waals surface area contributed by atoms with Crippen LogP contribution in [0.1, 0.15) is 5.56 Å². The lowest BCUT2D eigenvalue weighted by atomic mass is 10.2. The van der Waals surface area contributed by atoms with Gasteiger partial charge in [0.1, 0.15) is 18.2 Å². The molecule has 2 aromatic carbocycles. The predicted octanol–water partition coefficient (Wildman–Crippen LogP) is 4.61. The van der Waals surface area contributed by atoms with Gasteiger partial charge >= 0.3 is 0 Å². The van der Waals surface area contributed by atoms with Crippen LogP contribution in [0, 0.1) is 5.82 Å². The number of pyridine rings is 1. The lowest BCUT2D eigenvalue weighted by Crippen LogP contribution is -1.96. The van der Waals surface area contributed by atoms with Crippen LogP contribution in [0.15, 0.2) is 54.7 Å². The van der Waals surface area contributed by atoms with Crippen molar-refractivity contribution in [2.45, 2.75) is 6.61 Å². The first-order valence-corrected chi connectivity index (χ1v) is 6.52. The quantitative estimate of drug-likeness (QED) is 0.702. The summed E-state index contributed by atoms with van der Waals surface area (Å²) in [6.45, 7) is 0.319. The second-order valence-corrected chi connectivity index (χ2v) is 4.81. The maximum absolute atomic E-state index is 13.1. The number of fused-ring (bicyclic) bond motifs is 1. The Labute approximate surface area is 120 Å². The van der Waals surface area contributed by atoms with E-state index in [9.17, 15) is 4.39 Å². The lowest BCUT2D eigenvalue weighted by Gasteiger charge is -2.07. The molecule has 0 saturated carbocycles. The van der Waals surface area contributed by atoms with Crippen LogP contribution in [0.4, 0.5) is 4.39 Å². The number of nitrogens with zero attached hydrogens (tertiary/aromatic N) is 1. The van der Waals surface area contributed by atoms with Crippen LogP contribution in [0.25, 0.3) is 10.9 Å². The Bertz CT molecular complexity index is 760. The average Bonchev–Trinajstić information content (AvgIpc) is 2.48. The standard InChI is InChI=1S/C16H11ClFNO/c17-14-7-11(5-6-15(14)18)10-20-13-8-12-3-1-2-4-16(12)19-9-13/h1-9H,10H2. The number of hydrogen-bond acceptors (Lipinski definition) is 2. The van der Waals surface area contributed by atoms with Gasteiger partial charge in [-0.1, -0.05) is 35.9 Å². The smallest absolute Gasteiger partial charge is 0.141 e. The topological polar surface area (TPSA) is 22.1 Å². The zero-order chi connectivity index (χ0) is 13.9. The number of aromatic nitrogens is 1. The third-order valence-electron chi connectivity index (χ3n) is 2.95. The predicted molar refractivity (Wildman–Crippen MR) is 77.5 cm³/mol. The molecule has 0 bridgehead atoms. The summed E-state index contributed by atoms with van der Waals surface area (Å²) in [4.78, 5) is 4.31. The fourth-order valence-corrected chi connectivity index (χ4v) is 2.13. The molecule has 0 radical (unpaired) electrons. The fourth-order valence-electron chi connectivity index (χ4n) is 1.93. The summed E-state index contributed by atoms with van der Waals surface area (Å²) < 4.78 is 18.7. The lowest BCUT2D eigenvalue weighted by molar-refractivity contribution is 0.305. The van der Waals surface area contributed by atoms with E-state index in [1.165, 1.54) is 6.07 Å². The summed E-state index contributed by atoms with van der Waals surface area (Å²) in [5.74, 6) is 0.243. The third-order valence-corrected chi connectivity index (χ3v) is 3.24. The molecular weight excluding hydrogens is 277 g/mol. The number of ether oxygens (including phenoxy) is 1. The molecule has 0 spiro atoms. The highest BCUT2D eigenvalue weighted by molar-refractivity contribution is 6.30. The Hall–Kier alpha value is -2.13. The fraction of sp³-hybridized carbons (Fsp3) is 0.0625. The van der Waals surface area contributed by atoms with Gasteiger partial charge in [0.2, 0.25) is 0 Å². The van der Waals surface area contributed by atoms with Crippen molar-refractivity contribution >= 4 is 22.5 Å². The van der Waals surface area contributed by atoms with Crippen molar-refractivity contribution in [1.29, 1.82) is 0 Å². The van der Waals surface area contributed by atoms with Gasteiger partial charge in [-0.15, -0.1) is 0 Å². The molecule has 0 atom stereocenters. The Morgan fingerprint density at radius 3 is 2.80 bits per heavy atom. The van der Waals surface area contributed by atoms with E-state index in [0.29, 0.717) is 12.4 Å². The number of hydrogen-bond donors (Lipinski definition) is 0. The first kappa shape index (κ1) is 12.9. The Kier molecular flexibility index (Phi) is 3.52. The Morgan fingerprint density at radius 2 is 1.95 bits per heavy atom. The molecule has 1 aromatic heterocycles. The van der Waals surface area contributed by atoms with E-state index in [1.807, 2.05) is 30.3 Å². The Balaban J connectivity index is 1.77. The maximum atomic E-state index is 13.1. The summed E-state index contributed by atoms with van der Waals surface area (Å²) in [6.07, 6.45) is 1.67. The van der Waals surface area contributed by atoms with E-state index in [2.05, 4.69) is 4.98 Å². The molecule has 0 saturated heterocycles. The van der Waals surface area contributed by atoms with Crippen LogP contribution >= 0.6 is 11.6 Å². The molecule has 0 aliphatic carbocycles. The minimum atomic E-state index is -0.428. The normalized spacial score (nSPS) is 10.7. The van der Waals surface area contributed by atoms with Gasteiger partial charge < -0.3 is 4.74 Å². The van der Waals surface area contributed by atoms with E-state index in [-0.39, 0.29) is 5.02 Å². The molecule has 0 amide bonds. The van der Waals surface area contributed by atoms with Gasteiger partial charge in [-0.2, -0.15) is 0 Å². The molecule has 3 aromatic rings. The van der Waals surface area contributed by atoms with Crippen molar-refractivity contribution < 1.29 is 9.13 Å². The summed E-state index contributed by atoms with van der Waals surface area (Å²) in [6, 6.07) is 14.3. The molecule has 100 valence electrons. The van der Waals surface area contributed by atoms with Crippen molar-refractivity contribution in [3.05, 3.63) is 71.1 Å². The van der Waals surface area contributed by atoms with Gasteiger partial charge in [-0.25, -0.2) is 4.39 Å². The van der Waals surface area contributed by atoms with Crippen LogP contribution < -0.4 is 4.74 Å². The van der Waals surface area contributed by atoms with Crippen LogP contribution in [0.3, 0.4) is 0 Å². The molecule has 2 nitrogen and oxygen atoms in total. The van der Waals surface area contributed by atoms with Crippen molar-refractivity contribution in [1.82, 2.24) is 4.98 Å². The van der Waals surface area contributed by atoms with E-state index < -0.39 is 5.82 Å². The first-order valence-electron chi connectivity index (χ1n) is 6.14. The van der Waals surface area contributed by atoms with Gasteiger partial charge in [0.25, 0.3) is 0 Å². The summed E-state index contributed by atoms with van der Waals surface area (Å²) >= 11 is 5.73. The second-order valence-electron chi connectivity index (χ2n) is 4.40. The zero-order valence-electron chi connectivity index (χ0n) is 10.5. The molecular formula is C16H11ClFNO. The molecule has 20 heavy (non-hydrogen) atoms. The zero-order valence-corrected chi connectivity index (χ0v) is 11.3. The molecule has 4 heteroatoms. The highest BCUT2D eigenvalue weighted by Crippen LogP contribution is 2.20. The highest BCUT2D eigenvalue weighted by atomic mass is 35.5. The summed E-state index contributed by atoms with van der Waals surface area (Å²) in [5.41, 5.74) is 1.73. The monoisotopic (exact) mass is 287 g/mol. The number of para-hydroxylation sites is 1. The van der Waals surface area contributed by atoms with Gasteiger partial charge in [0.15, 0.2) is 0 Å². The van der Waals surface area contributed by atoms with Crippen molar-refractivity contribution in [3.8, 4) is 5.75 Å². The molecule has 3 rings (SSSR count). The van der Waals surface area contributed by atoms with Gasteiger partial charge in [-0.3, -0.25) is 4.98 Å². The first-order chi connectivity index (χ1) is 9.72. The van der Waals surface area contributed by atoms with E-state index in [4.69, 9.17) is 16.3 Å². The van der Waals surface area contributed by atoms with Crippen molar-refractivity contribution in [2.24, 2.45) is 0 Å². The summed E-state index contributed by atoms with van der Waals surface area (Å²) in [7, 11) is 0. The van der Waals surface area contributed by atoms with E-state index in [0.717, 1.165) is 16.5 Å². The average molecular weight is 288 g/mol. The van der Waals surface area contributed by atoms with Crippen LogP contribution in [-0.4, -0.2) is 4.98 Å². The molecule has 0 unspecified atom stereocenters. The van der Waals surface area contributed by atoms with Crippen LogP contribution in [-0.2, 0) is 6.61 Å².